The lowest BCUT2D eigenvalue weighted by Crippen LogP contribution is -2.19. The number of nitrogens with one attached hydrogen (secondary N) is 1. The Bertz CT molecular complexity index is 578. The van der Waals surface area contributed by atoms with Crippen LogP contribution >= 0.6 is 0 Å². The van der Waals surface area contributed by atoms with Gasteiger partial charge in [-0.15, -0.1) is 0 Å². The Morgan fingerprint density at radius 2 is 2.00 bits per heavy atom. The minimum Gasteiger partial charge on any atom is -0.347 e. The van der Waals surface area contributed by atoms with Gasteiger partial charge in [0.1, 0.15) is 0 Å². The highest BCUT2D eigenvalue weighted by molar-refractivity contribution is 5.41. The van der Waals surface area contributed by atoms with Crippen LogP contribution in [0, 0.1) is 0 Å². The van der Waals surface area contributed by atoms with Crippen molar-refractivity contribution < 1.29 is 0 Å². The molecule has 1 atom stereocenters. The van der Waals surface area contributed by atoms with E-state index in [1.54, 1.807) is 12.4 Å². The number of benzene rings is 1. The molecule has 104 valence electrons. The fraction of sp³-hybridized carbons (Fsp3) is 0.412. The minimum atomic E-state index is 0.333. The molecule has 0 bridgehead atoms. The maximum Gasteiger partial charge on any atom is 0.223 e. The summed E-state index contributed by atoms with van der Waals surface area (Å²) in [5, 5.41) is 3.48. The standard InChI is InChI=1S/C17H21N3/c1-12(2)14-8-7-13-5-3-6-16(15(13)11-14)20-17-18-9-4-10-19-17/h4,7-12,16H,3,5-6H2,1-2H3,(H,18,19,20)/t16-/m1/s1. The van der Waals surface area contributed by atoms with Gasteiger partial charge >= 0.3 is 0 Å². The molecule has 0 aliphatic heterocycles. The molecule has 1 aromatic carbocycles. The van der Waals surface area contributed by atoms with Crippen LogP contribution in [0.25, 0.3) is 0 Å². The van der Waals surface area contributed by atoms with Crippen LogP contribution in [-0.2, 0) is 6.42 Å². The lowest BCUT2D eigenvalue weighted by Gasteiger charge is -2.27. The summed E-state index contributed by atoms with van der Waals surface area (Å²) in [5.74, 6) is 1.29. The van der Waals surface area contributed by atoms with Crippen molar-refractivity contribution in [3.05, 3.63) is 53.3 Å². The highest BCUT2D eigenvalue weighted by Crippen LogP contribution is 2.33. The Morgan fingerprint density at radius 1 is 1.20 bits per heavy atom. The van der Waals surface area contributed by atoms with Crippen LogP contribution in [0.2, 0.25) is 0 Å². The predicted octanol–water partition coefficient (Wildman–Crippen LogP) is 4.09. The number of fused-ring (bicyclic) bond motifs is 1. The summed E-state index contributed by atoms with van der Waals surface area (Å²) in [6.07, 6.45) is 7.11. The highest BCUT2D eigenvalue weighted by Gasteiger charge is 2.21. The first-order chi connectivity index (χ1) is 9.74. The summed E-state index contributed by atoms with van der Waals surface area (Å²) in [6.45, 7) is 4.49. The molecule has 20 heavy (non-hydrogen) atoms. The van der Waals surface area contributed by atoms with Gasteiger partial charge in [0.2, 0.25) is 5.95 Å². The van der Waals surface area contributed by atoms with E-state index in [9.17, 15) is 0 Å². The van der Waals surface area contributed by atoms with Crippen LogP contribution < -0.4 is 5.32 Å². The highest BCUT2D eigenvalue weighted by atomic mass is 15.1. The van der Waals surface area contributed by atoms with Crippen LogP contribution in [0.5, 0.6) is 0 Å². The number of rotatable bonds is 3. The Balaban J connectivity index is 1.90. The molecule has 0 saturated heterocycles. The van der Waals surface area contributed by atoms with E-state index >= 15 is 0 Å². The molecule has 0 fully saturated rings. The van der Waals surface area contributed by atoms with Crippen molar-refractivity contribution in [2.75, 3.05) is 5.32 Å². The molecule has 1 aliphatic carbocycles. The Hall–Kier alpha value is -1.90. The van der Waals surface area contributed by atoms with E-state index in [0.29, 0.717) is 12.0 Å². The van der Waals surface area contributed by atoms with E-state index in [-0.39, 0.29) is 0 Å². The smallest absolute Gasteiger partial charge is 0.223 e. The third-order valence-corrected chi connectivity index (χ3v) is 4.02. The van der Waals surface area contributed by atoms with Gasteiger partial charge in [-0.1, -0.05) is 32.0 Å². The van der Waals surface area contributed by atoms with Gasteiger partial charge in [-0.05, 0) is 47.9 Å². The van der Waals surface area contributed by atoms with Crippen LogP contribution in [-0.4, -0.2) is 9.97 Å². The van der Waals surface area contributed by atoms with Gasteiger partial charge in [0.15, 0.2) is 0 Å². The first-order valence-corrected chi connectivity index (χ1v) is 7.40. The van der Waals surface area contributed by atoms with Crippen LogP contribution in [0.3, 0.4) is 0 Å². The monoisotopic (exact) mass is 267 g/mol. The molecule has 1 aliphatic rings. The maximum absolute atomic E-state index is 4.28. The lowest BCUT2D eigenvalue weighted by atomic mass is 9.85. The van der Waals surface area contributed by atoms with Gasteiger partial charge in [-0.2, -0.15) is 0 Å². The topological polar surface area (TPSA) is 37.8 Å². The van der Waals surface area contributed by atoms with Crippen molar-refractivity contribution in [2.24, 2.45) is 0 Å². The summed E-state index contributed by atoms with van der Waals surface area (Å²) in [6, 6.07) is 9.10. The van der Waals surface area contributed by atoms with Crippen LogP contribution in [0.15, 0.2) is 36.7 Å². The summed E-state index contributed by atoms with van der Waals surface area (Å²) in [5.41, 5.74) is 4.30. The average Bonchev–Trinajstić information content (AvgIpc) is 2.48. The van der Waals surface area contributed by atoms with Gasteiger partial charge in [-0.25, -0.2) is 9.97 Å². The molecule has 1 N–H and O–H groups in total. The summed E-state index contributed by atoms with van der Waals surface area (Å²) >= 11 is 0. The molecule has 1 heterocycles. The van der Waals surface area contributed by atoms with E-state index in [2.05, 4.69) is 47.3 Å². The molecular formula is C17H21N3. The van der Waals surface area contributed by atoms with E-state index < -0.39 is 0 Å². The minimum absolute atomic E-state index is 0.333. The van der Waals surface area contributed by atoms with E-state index in [4.69, 9.17) is 0 Å². The Kier molecular flexibility index (Phi) is 3.68. The quantitative estimate of drug-likeness (QED) is 0.910. The molecule has 1 aromatic heterocycles. The zero-order valence-corrected chi connectivity index (χ0v) is 12.1. The van der Waals surface area contributed by atoms with Gasteiger partial charge in [0, 0.05) is 12.4 Å². The third kappa shape index (κ3) is 2.67. The second kappa shape index (κ2) is 5.61. The summed E-state index contributed by atoms with van der Waals surface area (Å²) < 4.78 is 0. The van der Waals surface area contributed by atoms with Crippen molar-refractivity contribution in [1.82, 2.24) is 9.97 Å². The first kappa shape index (κ1) is 13.1. The SMILES string of the molecule is CC(C)c1ccc2c(c1)[C@H](Nc1ncccn1)CCC2. The molecular weight excluding hydrogens is 246 g/mol. The average molecular weight is 267 g/mol. The zero-order chi connectivity index (χ0) is 13.9. The van der Waals surface area contributed by atoms with Crippen molar-refractivity contribution in [3.63, 3.8) is 0 Å². The predicted molar refractivity (Wildman–Crippen MR) is 81.9 cm³/mol. The van der Waals surface area contributed by atoms with Gasteiger partial charge in [0.25, 0.3) is 0 Å². The fourth-order valence-corrected chi connectivity index (χ4v) is 2.86. The van der Waals surface area contributed by atoms with Gasteiger partial charge in [-0.3, -0.25) is 0 Å². The van der Waals surface area contributed by atoms with E-state index in [1.807, 2.05) is 6.07 Å². The van der Waals surface area contributed by atoms with Gasteiger partial charge < -0.3 is 5.32 Å². The number of nitrogens with zero attached hydrogens (tertiary/aromatic N) is 2. The molecule has 0 amide bonds. The molecule has 2 aromatic rings. The van der Waals surface area contributed by atoms with E-state index in [1.165, 1.54) is 29.5 Å². The molecule has 0 radical (unpaired) electrons. The molecule has 3 heteroatoms. The summed E-state index contributed by atoms with van der Waals surface area (Å²) in [7, 11) is 0. The van der Waals surface area contributed by atoms with Crippen molar-refractivity contribution in [3.8, 4) is 0 Å². The molecule has 0 unspecified atom stereocenters. The van der Waals surface area contributed by atoms with E-state index in [0.717, 1.165) is 12.4 Å². The fourth-order valence-electron chi connectivity index (χ4n) is 2.86. The number of anilines is 1. The first-order valence-electron chi connectivity index (χ1n) is 7.40. The maximum atomic E-state index is 4.28. The Morgan fingerprint density at radius 3 is 2.75 bits per heavy atom. The number of hydrogen-bond acceptors (Lipinski definition) is 3. The molecule has 0 spiro atoms. The number of aromatic nitrogens is 2. The summed E-state index contributed by atoms with van der Waals surface area (Å²) in [4.78, 5) is 8.56. The number of aryl methyl sites for hydroxylation is 1. The van der Waals surface area contributed by atoms with Crippen LogP contribution in [0.1, 0.15) is 55.3 Å². The molecule has 3 nitrogen and oxygen atoms in total. The number of hydrogen-bond donors (Lipinski definition) is 1. The van der Waals surface area contributed by atoms with Crippen molar-refractivity contribution in [2.45, 2.75) is 45.1 Å². The largest absolute Gasteiger partial charge is 0.347 e. The lowest BCUT2D eigenvalue weighted by molar-refractivity contribution is 0.594. The normalized spacial score (nSPS) is 17.9. The molecule has 0 saturated carbocycles. The van der Waals surface area contributed by atoms with Gasteiger partial charge in [0.05, 0.1) is 6.04 Å². The Labute approximate surface area is 120 Å². The second-order valence-corrected chi connectivity index (χ2v) is 5.77. The van der Waals surface area contributed by atoms with Crippen molar-refractivity contribution >= 4 is 5.95 Å². The van der Waals surface area contributed by atoms with Crippen LogP contribution in [0.4, 0.5) is 5.95 Å². The molecule has 3 rings (SSSR count). The third-order valence-electron chi connectivity index (χ3n) is 4.02. The second-order valence-electron chi connectivity index (χ2n) is 5.77. The van der Waals surface area contributed by atoms with Crippen molar-refractivity contribution in [1.29, 1.82) is 0 Å². The zero-order valence-electron chi connectivity index (χ0n) is 12.1.